The fourth-order valence-electron chi connectivity index (χ4n) is 2.19. The summed E-state index contributed by atoms with van der Waals surface area (Å²) in [5, 5.41) is 12.8. The number of benzene rings is 1. The van der Waals surface area contributed by atoms with Gasteiger partial charge < -0.3 is 9.73 Å². The average molecular weight is 300 g/mol. The van der Waals surface area contributed by atoms with Gasteiger partial charge in [0.2, 0.25) is 0 Å². The van der Waals surface area contributed by atoms with E-state index in [2.05, 4.69) is 25.2 Å². The van der Waals surface area contributed by atoms with Crippen LogP contribution in [-0.4, -0.2) is 11.8 Å². The molecule has 0 amide bonds. The predicted molar refractivity (Wildman–Crippen MR) is 87.7 cm³/mol. The summed E-state index contributed by atoms with van der Waals surface area (Å²) >= 11 is 1.70. The molecule has 110 valence electrons. The van der Waals surface area contributed by atoms with E-state index in [1.165, 1.54) is 0 Å². The minimum absolute atomic E-state index is 0.282. The van der Waals surface area contributed by atoms with E-state index in [0.29, 0.717) is 0 Å². The number of hydrogen-bond donors (Lipinski definition) is 1. The third-order valence-electron chi connectivity index (χ3n) is 3.24. The van der Waals surface area contributed by atoms with E-state index in [4.69, 9.17) is 4.42 Å². The van der Waals surface area contributed by atoms with Crippen LogP contribution in [0.2, 0.25) is 0 Å². The highest BCUT2D eigenvalue weighted by Crippen LogP contribution is 2.28. The molecule has 1 N–H and O–H groups in total. The third kappa shape index (κ3) is 4.30. The standard InChI is InChI=1S/C17H20N2OS/c1-3-21-17-8-4-7-16(15(17)12-18)19-13(2)9-10-14-6-5-11-20-14/h4-8,11,13,19H,3,9-10H2,1-2H3. The highest BCUT2D eigenvalue weighted by molar-refractivity contribution is 7.99. The van der Waals surface area contributed by atoms with Crippen molar-refractivity contribution >= 4 is 17.4 Å². The number of thioether (sulfide) groups is 1. The lowest BCUT2D eigenvalue weighted by Crippen LogP contribution is -2.16. The van der Waals surface area contributed by atoms with E-state index in [9.17, 15) is 5.26 Å². The van der Waals surface area contributed by atoms with Crippen LogP contribution in [0.3, 0.4) is 0 Å². The molecule has 0 saturated heterocycles. The summed E-state index contributed by atoms with van der Waals surface area (Å²) in [4.78, 5) is 1.04. The minimum atomic E-state index is 0.282. The summed E-state index contributed by atoms with van der Waals surface area (Å²) in [7, 11) is 0. The van der Waals surface area contributed by atoms with E-state index >= 15 is 0 Å². The van der Waals surface area contributed by atoms with Crippen molar-refractivity contribution in [3.05, 3.63) is 47.9 Å². The highest BCUT2D eigenvalue weighted by atomic mass is 32.2. The lowest BCUT2D eigenvalue weighted by Gasteiger charge is -2.17. The van der Waals surface area contributed by atoms with Gasteiger partial charge in [-0.1, -0.05) is 13.0 Å². The SMILES string of the molecule is CCSc1cccc(NC(C)CCc2ccco2)c1C#N. The van der Waals surface area contributed by atoms with Gasteiger partial charge in [0.15, 0.2) is 0 Å². The maximum Gasteiger partial charge on any atom is 0.103 e. The Morgan fingerprint density at radius 3 is 2.86 bits per heavy atom. The Labute approximate surface area is 130 Å². The first kappa shape index (κ1) is 15.5. The van der Waals surface area contributed by atoms with Gasteiger partial charge in [0.1, 0.15) is 11.8 Å². The second-order valence-corrected chi connectivity index (χ2v) is 6.19. The third-order valence-corrected chi connectivity index (χ3v) is 4.18. The van der Waals surface area contributed by atoms with Crippen molar-refractivity contribution in [3.63, 3.8) is 0 Å². The van der Waals surface area contributed by atoms with Crippen molar-refractivity contribution < 1.29 is 4.42 Å². The summed E-state index contributed by atoms with van der Waals surface area (Å²) in [6.07, 6.45) is 3.56. The molecule has 21 heavy (non-hydrogen) atoms. The van der Waals surface area contributed by atoms with Crippen LogP contribution in [-0.2, 0) is 6.42 Å². The summed E-state index contributed by atoms with van der Waals surface area (Å²) in [5.41, 5.74) is 1.66. The molecule has 2 aromatic rings. The molecule has 0 radical (unpaired) electrons. The molecular weight excluding hydrogens is 280 g/mol. The molecule has 1 atom stereocenters. The molecule has 0 spiro atoms. The smallest absolute Gasteiger partial charge is 0.103 e. The van der Waals surface area contributed by atoms with E-state index in [1.54, 1.807) is 18.0 Å². The van der Waals surface area contributed by atoms with Crippen molar-refractivity contribution in [1.82, 2.24) is 0 Å². The fourth-order valence-corrected chi connectivity index (χ4v) is 2.98. The quantitative estimate of drug-likeness (QED) is 0.753. The van der Waals surface area contributed by atoms with E-state index in [0.717, 1.165) is 40.5 Å². The number of rotatable bonds is 7. The number of nitrogens with one attached hydrogen (secondary N) is 1. The Morgan fingerprint density at radius 2 is 2.19 bits per heavy atom. The van der Waals surface area contributed by atoms with E-state index < -0.39 is 0 Å². The summed E-state index contributed by atoms with van der Waals surface area (Å²) in [6, 6.07) is 12.5. The molecule has 0 saturated carbocycles. The largest absolute Gasteiger partial charge is 0.469 e. The number of anilines is 1. The van der Waals surface area contributed by atoms with Gasteiger partial charge in [-0.05, 0) is 43.4 Å². The average Bonchev–Trinajstić information content (AvgIpc) is 2.99. The Morgan fingerprint density at radius 1 is 1.33 bits per heavy atom. The summed E-state index contributed by atoms with van der Waals surface area (Å²) in [5.74, 6) is 1.96. The van der Waals surface area contributed by atoms with Crippen LogP contribution in [0, 0.1) is 11.3 Å². The van der Waals surface area contributed by atoms with Crippen molar-refractivity contribution in [2.75, 3.05) is 11.1 Å². The summed E-state index contributed by atoms with van der Waals surface area (Å²) < 4.78 is 5.35. The zero-order chi connectivity index (χ0) is 15.1. The minimum Gasteiger partial charge on any atom is -0.469 e. The monoisotopic (exact) mass is 300 g/mol. The van der Waals surface area contributed by atoms with E-state index in [-0.39, 0.29) is 6.04 Å². The number of aryl methyl sites for hydroxylation is 1. The number of furan rings is 1. The molecule has 4 heteroatoms. The lowest BCUT2D eigenvalue weighted by molar-refractivity contribution is 0.495. The Kier molecular flexibility index (Phi) is 5.77. The molecule has 0 fully saturated rings. The first-order valence-electron chi connectivity index (χ1n) is 7.19. The molecule has 0 aliphatic heterocycles. The van der Waals surface area contributed by atoms with Gasteiger partial charge in [-0.15, -0.1) is 11.8 Å². The van der Waals surface area contributed by atoms with Crippen LogP contribution >= 0.6 is 11.8 Å². The molecule has 1 aromatic heterocycles. The zero-order valence-electron chi connectivity index (χ0n) is 12.4. The highest BCUT2D eigenvalue weighted by Gasteiger charge is 2.11. The molecule has 2 rings (SSSR count). The van der Waals surface area contributed by atoms with Gasteiger partial charge in [-0.2, -0.15) is 5.26 Å². The van der Waals surface area contributed by atoms with Crippen LogP contribution in [0.4, 0.5) is 5.69 Å². The second kappa shape index (κ2) is 7.80. The first-order valence-corrected chi connectivity index (χ1v) is 8.18. The Bertz CT molecular complexity index is 602. The van der Waals surface area contributed by atoms with Crippen LogP contribution in [0.15, 0.2) is 45.9 Å². The fraction of sp³-hybridized carbons (Fsp3) is 0.353. The van der Waals surface area contributed by atoms with Gasteiger partial charge >= 0.3 is 0 Å². The summed E-state index contributed by atoms with van der Waals surface area (Å²) in [6.45, 7) is 4.22. The molecule has 1 heterocycles. The van der Waals surface area contributed by atoms with Crippen molar-refractivity contribution in [2.45, 2.75) is 37.6 Å². The van der Waals surface area contributed by atoms with Crippen LogP contribution in [0.1, 0.15) is 31.6 Å². The number of nitriles is 1. The Balaban J connectivity index is 2.01. The maximum atomic E-state index is 9.40. The maximum absolute atomic E-state index is 9.40. The molecule has 0 bridgehead atoms. The van der Waals surface area contributed by atoms with Crippen molar-refractivity contribution in [2.24, 2.45) is 0 Å². The van der Waals surface area contributed by atoms with Crippen LogP contribution < -0.4 is 5.32 Å². The van der Waals surface area contributed by atoms with Crippen LogP contribution in [0.5, 0.6) is 0 Å². The van der Waals surface area contributed by atoms with Gasteiger partial charge in [-0.25, -0.2) is 0 Å². The predicted octanol–water partition coefficient (Wildman–Crippen LogP) is 4.70. The molecule has 0 aliphatic carbocycles. The molecule has 1 aromatic carbocycles. The first-order chi connectivity index (χ1) is 10.2. The molecule has 0 aliphatic rings. The lowest BCUT2D eigenvalue weighted by atomic mass is 10.1. The van der Waals surface area contributed by atoms with Gasteiger partial charge in [0.25, 0.3) is 0 Å². The van der Waals surface area contributed by atoms with Crippen LogP contribution in [0.25, 0.3) is 0 Å². The van der Waals surface area contributed by atoms with Gasteiger partial charge in [0.05, 0.1) is 17.5 Å². The normalized spacial score (nSPS) is 11.9. The Hall–Kier alpha value is -1.86. The topological polar surface area (TPSA) is 49.0 Å². The van der Waals surface area contributed by atoms with Gasteiger partial charge in [-0.3, -0.25) is 0 Å². The zero-order valence-corrected chi connectivity index (χ0v) is 13.2. The van der Waals surface area contributed by atoms with E-state index in [1.807, 2.05) is 30.3 Å². The number of nitrogens with zero attached hydrogens (tertiary/aromatic N) is 1. The molecule has 1 unspecified atom stereocenters. The molecule has 3 nitrogen and oxygen atoms in total. The van der Waals surface area contributed by atoms with Crippen molar-refractivity contribution in [1.29, 1.82) is 5.26 Å². The van der Waals surface area contributed by atoms with Gasteiger partial charge in [0, 0.05) is 17.4 Å². The van der Waals surface area contributed by atoms with Crippen molar-refractivity contribution in [3.8, 4) is 6.07 Å². The number of hydrogen-bond acceptors (Lipinski definition) is 4. The second-order valence-electron chi connectivity index (χ2n) is 4.89. The molecular formula is C17H20N2OS.